The Labute approximate surface area is 113 Å². The van der Waals surface area contributed by atoms with Gasteiger partial charge in [0.05, 0.1) is 5.71 Å². The number of fused-ring (bicyclic) bond motifs is 1. The molecule has 0 saturated carbocycles. The average Bonchev–Trinajstić information content (AvgIpc) is 2.84. The molecular weight excluding hydrogens is 266 g/mol. The summed E-state index contributed by atoms with van der Waals surface area (Å²) in [5.74, 6) is 0. The number of hydrogen-bond donors (Lipinski definition) is 0. The van der Waals surface area contributed by atoms with Gasteiger partial charge in [-0.2, -0.15) is 4.40 Å². The molecule has 2 aromatic carbocycles. The van der Waals surface area contributed by atoms with E-state index < -0.39 is 11.0 Å². The average molecular weight is 276 g/mol. The maximum atomic E-state index is 11.2. The van der Waals surface area contributed by atoms with Crippen LogP contribution in [0.15, 0.2) is 58.3 Å². The third kappa shape index (κ3) is 2.00. The molecule has 1 unspecified atom stereocenters. The lowest BCUT2D eigenvalue weighted by Crippen LogP contribution is -2.03. The summed E-state index contributed by atoms with van der Waals surface area (Å²) in [6, 6.07) is 14.1. The van der Waals surface area contributed by atoms with E-state index in [2.05, 4.69) is 4.40 Å². The number of alkyl halides is 1. The summed E-state index contributed by atoms with van der Waals surface area (Å²) in [5.41, 5.74) is 1.66. The Morgan fingerprint density at radius 1 is 1.11 bits per heavy atom. The maximum absolute atomic E-state index is 11.2. The smallest absolute Gasteiger partial charge is 0.165 e. The molecule has 2 aromatic rings. The summed E-state index contributed by atoms with van der Waals surface area (Å²) in [7, 11) is -1.26. The van der Waals surface area contributed by atoms with Crippen LogP contribution < -0.4 is 0 Å². The second-order valence-electron chi connectivity index (χ2n) is 4.03. The molecule has 0 amide bonds. The second-order valence-corrected chi connectivity index (χ2v) is 5.47. The van der Waals surface area contributed by atoms with Crippen LogP contribution in [0.1, 0.15) is 10.9 Å². The molecule has 0 saturated heterocycles. The molecule has 1 heterocycles. The second kappa shape index (κ2) is 4.67. The maximum Gasteiger partial charge on any atom is 0.165 e. The summed E-state index contributed by atoms with van der Waals surface area (Å²) in [4.78, 5) is 0. The van der Waals surface area contributed by atoms with Gasteiger partial charge >= 0.3 is 0 Å². The minimum atomic E-state index is -1.26. The van der Waals surface area contributed by atoms with Gasteiger partial charge in [0.25, 0.3) is 0 Å². The molecule has 0 aliphatic carbocycles. The molecule has 0 fully saturated rings. The summed E-state index contributed by atoms with van der Waals surface area (Å²) in [6.07, 6.45) is 1.73. The van der Waals surface area contributed by atoms with Gasteiger partial charge in [-0.25, -0.2) is 4.21 Å². The zero-order valence-corrected chi connectivity index (χ0v) is 11.0. The van der Waals surface area contributed by atoms with Gasteiger partial charge in [0.15, 0.2) is 11.0 Å². The quantitative estimate of drug-likeness (QED) is 0.768. The van der Waals surface area contributed by atoms with E-state index in [1.807, 2.05) is 42.5 Å². The molecule has 0 spiro atoms. The lowest BCUT2D eigenvalue weighted by atomic mass is 10.00. The minimum Gasteiger partial charge on any atom is -0.230 e. The summed E-state index contributed by atoms with van der Waals surface area (Å²) in [5, 5.41) is 3.44. The zero-order valence-electron chi connectivity index (χ0n) is 9.42. The van der Waals surface area contributed by atoms with E-state index in [4.69, 9.17) is 11.6 Å². The molecule has 0 radical (unpaired) electrons. The highest BCUT2D eigenvalue weighted by atomic mass is 35.5. The number of allylic oxidation sites excluding steroid dienone is 1. The Bertz CT molecular complexity index is 688. The number of nitrogens with zero attached hydrogens (tertiary/aromatic N) is 1. The molecule has 0 N–H and O–H groups in total. The fourth-order valence-electron chi connectivity index (χ4n) is 2.05. The van der Waals surface area contributed by atoms with Gasteiger partial charge < -0.3 is 0 Å². The SMILES string of the molecule is O=S1C=CC([C@@H](Cl)c2cccc3ccccc23)=N1. The highest BCUT2D eigenvalue weighted by molar-refractivity contribution is 7.87. The van der Waals surface area contributed by atoms with Crippen molar-refractivity contribution in [3.05, 3.63) is 59.5 Å². The monoisotopic (exact) mass is 275 g/mol. The Hall–Kier alpha value is -1.45. The summed E-state index contributed by atoms with van der Waals surface area (Å²) < 4.78 is 15.2. The lowest BCUT2D eigenvalue weighted by molar-refractivity contribution is 0.690. The fourth-order valence-corrected chi connectivity index (χ4v) is 3.11. The van der Waals surface area contributed by atoms with Crippen LogP contribution in [0.3, 0.4) is 0 Å². The van der Waals surface area contributed by atoms with Crippen molar-refractivity contribution in [2.45, 2.75) is 5.38 Å². The first-order valence-electron chi connectivity index (χ1n) is 5.55. The highest BCUT2D eigenvalue weighted by Crippen LogP contribution is 2.31. The molecule has 90 valence electrons. The van der Waals surface area contributed by atoms with Gasteiger partial charge in [0, 0.05) is 5.41 Å². The van der Waals surface area contributed by atoms with Crippen LogP contribution in [-0.2, 0) is 11.0 Å². The highest BCUT2D eigenvalue weighted by Gasteiger charge is 2.19. The van der Waals surface area contributed by atoms with Gasteiger partial charge in [-0.3, -0.25) is 0 Å². The Kier molecular flexibility index (Phi) is 3.02. The molecule has 0 aromatic heterocycles. The van der Waals surface area contributed by atoms with Crippen LogP contribution in [0.2, 0.25) is 0 Å². The lowest BCUT2D eigenvalue weighted by Gasteiger charge is -2.11. The van der Waals surface area contributed by atoms with E-state index >= 15 is 0 Å². The first-order valence-corrected chi connectivity index (χ1v) is 7.15. The van der Waals surface area contributed by atoms with E-state index in [0.29, 0.717) is 5.71 Å². The van der Waals surface area contributed by atoms with Crippen molar-refractivity contribution in [3.8, 4) is 0 Å². The zero-order chi connectivity index (χ0) is 12.5. The summed E-state index contributed by atoms with van der Waals surface area (Å²) in [6.45, 7) is 0. The van der Waals surface area contributed by atoms with Crippen molar-refractivity contribution in [1.82, 2.24) is 0 Å². The molecule has 18 heavy (non-hydrogen) atoms. The Morgan fingerprint density at radius 3 is 2.67 bits per heavy atom. The molecule has 4 heteroatoms. The summed E-state index contributed by atoms with van der Waals surface area (Å²) >= 11 is 6.44. The third-order valence-electron chi connectivity index (χ3n) is 2.91. The molecule has 1 aliphatic heterocycles. The van der Waals surface area contributed by atoms with Gasteiger partial charge in [-0.05, 0) is 22.4 Å². The molecule has 3 rings (SSSR count). The Balaban J connectivity index is 2.12. The van der Waals surface area contributed by atoms with E-state index in [-0.39, 0.29) is 5.38 Å². The number of rotatable bonds is 2. The van der Waals surface area contributed by atoms with Crippen LogP contribution in [0.5, 0.6) is 0 Å². The van der Waals surface area contributed by atoms with Gasteiger partial charge in [-0.15, -0.1) is 11.6 Å². The predicted molar refractivity (Wildman–Crippen MR) is 77.3 cm³/mol. The van der Waals surface area contributed by atoms with Crippen molar-refractivity contribution in [2.75, 3.05) is 0 Å². The number of hydrogen-bond acceptors (Lipinski definition) is 1. The largest absolute Gasteiger partial charge is 0.230 e. The topological polar surface area (TPSA) is 29.4 Å². The minimum absolute atomic E-state index is 0.362. The first-order chi connectivity index (χ1) is 8.75. The van der Waals surface area contributed by atoms with Crippen molar-refractivity contribution in [2.24, 2.45) is 4.40 Å². The Morgan fingerprint density at radius 2 is 1.89 bits per heavy atom. The molecular formula is C14H10ClNOS. The van der Waals surface area contributed by atoms with Crippen molar-refractivity contribution < 1.29 is 4.21 Å². The normalized spacial score (nSPS) is 20.1. The number of benzene rings is 2. The van der Waals surface area contributed by atoms with Crippen LogP contribution >= 0.6 is 11.6 Å². The molecule has 2 atom stereocenters. The standard InChI is InChI=1S/C14H10ClNOS/c15-14(13-8-9-18(17)16-13)12-7-3-5-10-4-1-2-6-11(10)12/h1-9,14H/t14-,18?/m0/s1. The van der Waals surface area contributed by atoms with E-state index in [1.54, 1.807) is 11.5 Å². The van der Waals surface area contributed by atoms with Crippen LogP contribution in [0, 0.1) is 0 Å². The first kappa shape index (κ1) is 11.6. The molecule has 1 aliphatic rings. The van der Waals surface area contributed by atoms with Crippen LogP contribution in [0.4, 0.5) is 0 Å². The predicted octanol–water partition coefficient (Wildman–Crippen LogP) is 3.75. The van der Waals surface area contributed by atoms with Crippen LogP contribution in [0.25, 0.3) is 10.8 Å². The molecule has 2 nitrogen and oxygen atoms in total. The van der Waals surface area contributed by atoms with Gasteiger partial charge in [0.2, 0.25) is 0 Å². The van der Waals surface area contributed by atoms with Crippen LogP contribution in [-0.4, -0.2) is 9.92 Å². The van der Waals surface area contributed by atoms with Crippen molar-refractivity contribution >= 4 is 39.1 Å². The van der Waals surface area contributed by atoms with E-state index in [1.165, 1.54) is 0 Å². The van der Waals surface area contributed by atoms with Crippen molar-refractivity contribution in [1.29, 1.82) is 0 Å². The van der Waals surface area contributed by atoms with Gasteiger partial charge in [-0.1, -0.05) is 42.5 Å². The van der Waals surface area contributed by atoms with Gasteiger partial charge in [0.1, 0.15) is 5.38 Å². The molecule has 0 bridgehead atoms. The fraction of sp³-hybridized carbons (Fsp3) is 0.0714. The van der Waals surface area contributed by atoms with Crippen molar-refractivity contribution in [3.63, 3.8) is 0 Å². The van der Waals surface area contributed by atoms with E-state index in [0.717, 1.165) is 16.3 Å². The third-order valence-corrected chi connectivity index (χ3v) is 4.13. The number of halogens is 1. The van der Waals surface area contributed by atoms with E-state index in [9.17, 15) is 4.21 Å².